The van der Waals surface area contributed by atoms with E-state index in [0.717, 1.165) is 17.1 Å². The highest BCUT2D eigenvalue weighted by atomic mass is 15.1. The summed E-state index contributed by atoms with van der Waals surface area (Å²) in [4.78, 5) is 2.37. The minimum absolute atomic E-state index is 0.0608. The number of benzene rings is 8. The normalized spacial score (nSPS) is 12.9. The molecule has 1 aliphatic carbocycles. The van der Waals surface area contributed by atoms with Crippen LogP contribution in [0.1, 0.15) is 25.0 Å². The molecule has 0 unspecified atom stereocenters. The van der Waals surface area contributed by atoms with Crippen molar-refractivity contribution in [1.82, 2.24) is 4.57 Å². The fraction of sp³-hybridized carbons (Fsp3) is 0.0588. The molecular weight excluding hydrogens is 641 g/mol. The van der Waals surface area contributed by atoms with Crippen molar-refractivity contribution in [1.29, 1.82) is 0 Å². The second-order valence-corrected chi connectivity index (χ2v) is 14.6. The van der Waals surface area contributed by atoms with Crippen LogP contribution in [0.25, 0.3) is 60.9 Å². The van der Waals surface area contributed by atoms with Crippen molar-refractivity contribution in [2.45, 2.75) is 19.3 Å². The van der Waals surface area contributed by atoms with Crippen LogP contribution in [-0.2, 0) is 5.41 Å². The number of nitrogens with zero attached hydrogens (tertiary/aromatic N) is 2. The van der Waals surface area contributed by atoms with Crippen molar-refractivity contribution in [2.24, 2.45) is 0 Å². The molecule has 2 heteroatoms. The number of hydrogen-bond donors (Lipinski definition) is 0. The third kappa shape index (κ3) is 5.10. The van der Waals surface area contributed by atoms with Crippen LogP contribution in [0.15, 0.2) is 194 Å². The molecule has 10 rings (SSSR count). The Balaban J connectivity index is 0.939. The lowest BCUT2D eigenvalue weighted by molar-refractivity contribution is 0.660. The molecule has 0 radical (unpaired) electrons. The summed E-state index contributed by atoms with van der Waals surface area (Å²) >= 11 is 0. The van der Waals surface area contributed by atoms with E-state index in [-0.39, 0.29) is 5.41 Å². The van der Waals surface area contributed by atoms with Gasteiger partial charge in [0.05, 0.1) is 11.0 Å². The molecule has 0 N–H and O–H groups in total. The number of para-hydroxylation sites is 3. The van der Waals surface area contributed by atoms with Gasteiger partial charge >= 0.3 is 0 Å². The molecule has 0 saturated heterocycles. The van der Waals surface area contributed by atoms with Crippen molar-refractivity contribution in [3.8, 4) is 39.1 Å². The molecule has 0 atom stereocenters. The van der Waals surface area contributed by atoms with E-state index in [9.17, 15) is 0 Å². The Morgan fingerprint density at radius 1 is 0.377 bits per heavy atom. The van der Waals surface area contributed by atoms with Gasteiger partial charge < -0.3 is 9.47 Å². The molecule has 53 heavy (non-hydrogen) atoms. The van der Waals surface area contributed by atoms with Gasteiger partial charge in [-0.25, -0.2) is 0 Å². The molecule has 1 heterocycles. The average Bonchev–Trinajstić information content (AvgIpc) is 3.67. The monoisotopic (exact) mass is 678 g/mol. The first-order valence-corrected chi connectivity index (χ1v) is 18.4. The van der Waals surface area contributed by atoms with E-state index in [4.69, 9.17) is 0 Å². The van der Waals surface area contributed by atoms with Crippen LogP contribution in [0.2, 0.25) is 0 Å². The van der Waals surface area contributed by atoms with Gasteiger partial charge in [0, 0.05) is 38.9 Å². The highest BCUT2D eigenvalue weighted by Crippen LogP contribution is 2.50. The molecule has 0 spiro atoms. The molecule has 1 aliphatic rings. The highest BCUT2D eigenvalue weighted by molar-refractivity contribution is 6.09. The maximum absolute atomic E-state index is 2.39. The zero-order chi connectivity index (χ0) is 35.5. The van der Waals surface area contributed by atoms with Gasteiger partial charge in [-0.05, 0) is 105 Å². The maximum Gasteiger partial charge on any atom is 0.0541 e. The van der Waals surface area contributed by atoms with Gasteiger partial charge in [0.15, 0.2) is 0 Å². The molecule has 0 bridgehead atoms. The molecule has 0 amide bonds. The Labute approximate surface area is 310 Å². The Kier molecular flexibility index (Phi) is 7.19. The zero-order valence-electron chi connectivity index (χ0n) is 29.9. The van der Waals surface area contributed by atoms with Crippen LogP contribution in [0.4, 0.5) is 17.1 Å². The van der Waals surface area contributed by atoms with Crippen molar-refractivity contribution in [3.05, 3.63) is 205 Å². The van der Waals surface area contributed by atoms with E-state index in [1.807, 2.05) is 0 Å². The van der Waals surface area contributed by atoms with Crippen molar-refractivity contribution < 1.29 is 0 Å². The minimum atomic E-state index is -0.0608. The fourth-order valence-corrected chi connectivity index (χ4v) is 8.52. The van der Waals surface area contributed by atoms with E-state index in [0.29, 0.717) is 0 Å². The smallest absolute Gasteiger partial charge is 0.0541 e. The van der Waals surface area contributed by atoms with Gasteiger partial charge in [-0.15, -0.1) is 0 Å². The van der Waals surface area contributed by atoms with Gasteiger partial charge in [0.1, 0.15) is 0 Å². The van der Waals surface area contributed by atoms with Gasteiger partial charge in [-0.2, -0.15) is 0 Å². The summed E-state index contributed by atoms with van der Waals surface area (Å²) in [5.41, 5.74) is 17.2. The second kappa shape index (κ2) is 12.3. The second-order valence-electron chi connectivity index (χ2n) is 14.6. The lowest BCUT2D eigenvalue weighted by Gasteiger charge is -2.28. The fourth-order valence-electron chi connectivity index (χ4n) is 8.52. The molecule has 1 aromatic heterocycles. The zero-order valence-corrected chi connectivity index (χ0v) is 29.9. The molecule has 0 saturated carbocycles. The number of hydrogen-bond acceptors (Lipinski definition) is 1. The van der Waals surface area contributed by atoms with Gasteiger partial charge in [0.25, 0.3) is 0 Å². The third-order valence-corrected chi connectivity index (χ3v) is 11.2. The lowest BCUT2D eigenvalue weighted by Crippen LogP contribution is -2.16. The SMILES string of the molecule is CC1(C)c2ccccc2-c2ccc(N(c3ccccc3)c3ccc(-c4ccc(-c5ccc(-n6c7ccccc7c7ccccc76)cc5)cc4)cc3)cc21. The van der Waals surface area contributed by atoms with E-state index < -0.39 is 0 Å². The van der Waals surface area contributed by atoms with Gasteiger partial charge in [-0.1, -0.05) is 147 Å². The summed E-state index contributed by atoms with van der Waals surface area (Å²) < 4.78 is 2.37. The predicted octanol–water partition coefficient (Wildman–Crippen LogP) is 13.9. The summed E-state index contributed by atoms with van der Waals surface area (Å²) in [6.45, 7) is 4.69. The van der Waals surface area contributed by atoms with Gasteiger partial charge in [0.2, 0.25) is 0 Å². The summed E-state index contributed by atoms with van der Waals surface area (Å²) in [6.07, 6.45) is 0. The molecule has 8 aromatic carbocycles. The molecule has 0 aliphatic heterocycles. The Morgan fingerprint density at radius 3 is 1.45 bits per heavy atom. The van der Waals surface area contributed by atoms with Gasteiger partial charge in [-0.3, -0.25) is 0 Å². The first-order valence-electron chi connectivity index (χ1n) is 18.4. The largest absolute Gasteiger partial charge is 0.310 e. The van der Waals surface area contributed by atoms with Crippen LogP contribution in [0.5, 0.6) is 0 Å². The number of anilines is 3. The average molecular weight is 679 g/mol. The van der Waals surface area contributed by atoms with Crippen LogP contribution in [0, 0.1) is 0 Å². The first kappa shape index (κ1) is 31.1. The Hall–Kier alpha value is -6.64. The standard InChI is InChI=1S/C51H38N2/c1-51(2)47-17-9-6-14-43(47)44-33-32-42(34-48(44)51)52(39-12-4-3-5-13-39)40-28-24-37(25-29-40)35-20-22-36(23-21-35)38-26-30-41(31-27-38)53-49-18-10-7-15-45(49)46-16-8-11-19-50(46)53/h3-34H,1-2H3. The Bertz CT molecular complexity index is 2720. The molecular formula is C51H38N2. The quantitative estimate of drug-likeness (QED) is 0.170. The number of aromatic nitrogens is 1. The topological polar surface area (TPSA) is 8.17 Å². The summed E-state index contributed by atoms with van der Waals surface area (Å²) in [5.74, 6) is 0. The van der Waals surface area contributed by atoms with Crippen LogP contribution in [0.3, 0.4) is 0 Å². The van der Waals surface area contributed by atoms with E-state index in [1.54, 1.807) is 0 Å². The summed E-state index contributed by atoms with van der Waals surface area (Å²) in [5, 5.41) is 2.56. The van der Waals surface area contributed by atoms with Crippen molar-refractivity contribution in [3.63, 3.8) is 0 Å². The molecule has 9 aromatic rings. The summed E-state index contributed by atoms with van der Waals surface area (Å²) in [7, 11) is 0. The van der Waals surface area contributed by atoms with E-state index in [2.05, 4.69) is 217 Å². The molecule has 252 valence electrons. The first-order chi connectivity index (χ1) is 26.0. The lowest BCUT2D eigenvalue weighted by atomic mass is 9.82. The minimum Gasteiger partial charge on any atom is -0.310 e. The third-order valence-electron chi connectivity index (χ3n) is 11.2. The summed E-state index contributed by atoms with van der Waals surface area (Å²) in [6, 6.07) is 70.7. The van der Waals surface area contributed by atoms with Crippen LogP contribution < -0.4 is 4.90 Å². The van der Waals surface area contributed by atoms with Crippen LogP contribution in [-0.4, -0.2) is 4.57 Å². The Morgan fingerprint density at radius 2 is 0.830 bits per heavy atom. The number of rotatable bonds is 6. The van der Waals surface area contributed by atoms with Crippen molar-refractivity contribution >= 4 is 38.9 Å². The van der Waals surface area contributed by atoms with Crippen molar-refractivity contribution in [2.75, 3.05) is 4.90 Å². The maximum atomic E-state index is 2.39. The highest BCUT2D eigenvalue weighted by Gasteiger charge is 2.35. The van der Waals surface area contributed by atoms with Crippen LogP contribution >= 0.6 is 0 Å². The van der Waals surface area contributed by atoms with E-state index in [1.165, 1.54) is 72.0 Å². The predicted molar refractivity (Wildman–Crippen MR) is 224 cm³/mol. The molecule has 2 nitrogen and oxygen atoms in total. The molecule has 0 fully saturated rings. The van der Waals surface area contributed by atoms with E-state index >= 15 is 0 Å². The number of fused-ring (bicyclic) bond motifs is 6.